The van der Waals surface area contributed by atoms with Crippen LogP contribution in [0.15, 0.2) is 12.3 Å². The number of likely N-dealkylation sites (N-methyl/N-ethyl adjacent to an activating group) is 1. The average Bonchev–Trinajstić information content (AvgIpc) is 3.23. The predicted octanol–water partition coefficient (Wildman–Crippen LogP) is 4.08. The first kappa shape index (κ1) is 27.2. The van der Waals surface area contributed by atoms with Crippen molar-refractivity contribution in [2.75, 3.05) is 31.6 Å². The molecule has 3 aromatic rings. The van der Waals surface area contributed by atoms with E-state index in [-0.39, 0.29) is 24.2 Å². The van der Waals surface area contributed by atoms with Gasteiger partial charge in [-0.25, -0.2) is 14.6 Å². The maximum atomic E-state index is 13.4. The summed E-state index contributed by atoms with van der Waals surface area (Å²) in [6.07, 6.45) is 6.74. The summed E-state index contributed by atoms with van der Waals surface area (Å²) in [5.41, 5.74) is 6.07. The van der Waals surface area contributed by atoms with Gasteiger partial charge in [0.15, 0.2) is 11.5 Å². The number of hydrogen-bond donors (Lipinski definition) is 1. The first-order valence-electron chi connectivity index (χ1n) is 15.2. The lowest BCUT2D eigenvalue weighted by Gasteiger charge is -2.48. The number of carbonyl (C=O) groups excluding carboxylic acids is 1. The molecule has 1 saturated carbocycles. The largest absolute Gasteiger partial charge is 0.372 e. The molecular formula is C30H43N7O3Si. The zero-order chi connectivity index (χ0) is 28.7. The maximum absolute atomic E-state index is 13.4. The molecule has 2 aliphatic carbocycles. The SMILES string of the molecule is CC(C(=O)N(C)c1cnc2nc(-c3nn(COCC[Si](C)(C)C)c4c3CC3C[C@]3(C)C4)[nH]c2c1)N1CC2CC(C1)O2. The lowest BCUT2D eigenvalue weighted by Crippen LogP contribution is -2.61. The molecule has 220 valence electrons. The molecule has 10 nitrogen and oxygen atoms in total. The minimum absolute atomic E-state index is 0.0570. The van der Waals surface area contributed by atoms with Gasteiger partial charge >= 0.3 is 0 Å². The van der Waals surface area contributed by atoms with E-state index in [0.717, 1.165) is 67.7 Å². The van der Waals surface area contributed by atoms with Crippen LogP contribution in [-0.4, -0.2) is 88.6 Å². The molecular weight excluding hydrogens is 534 g/mol. The summed E-state index contributed by atoms with van der Waals surface area (Å²) in [7, 11) is 0.675. The number of nitrogens with one attached hydrogen (secondary N) is 1. The van der Waals surface area contributed by atoms with Crippen molar-refractivity contribution in [2.45, 2.75) is 90.2 Å². The lowest BCUT2D eigenvalue weighted by molar-refractivity contribution is -0.187. The number of pyridine rings is 1. The summed E-state index contributed by atoms with van der Waals surface area (Å²) >= 11 is 0. The first-order chi connectivity index (χ1) is 19.5. The summed E-state index contributed by atoms with van der Waals surface area (Å²) in [6.45, 7) is 14.4. The minimum Gasteiger partial charge on any atom is -0.372 e. The standard InChI is InChI=1S/C30H43N7O3Si/c1-18(36-15-21-11-22(16-36)40-21)29(38)35(3)20-10-24-27(31-14-20)33-28(32-24)26-23-9-19-12-30(19,2)13-25(23)37(34-26)17-39-7-8-41(4,5)6/h10,14,18-19,21-22H,7-9,11-13,15-17H2,1-6H3,(H,31,32,33)/t18?,19?,21?,22?,30-/m1/s1. The number of carbonyl (C=O) groups is 1. The fourth-order valence-corrected chi connectivity index (χ4v) is 7.65. The maximum Gasteiger partial charge on any atom is 0.243 e. The number of amides is 1. The highest BCUT2D eigenvalue weighted by Gasteiger charge is 2.54. The number of morpholine rings is 1. The number of ether oxygens (including phenoxy) is 2. The fraction of sp³-hybridized carbons (Fsp3) is 0.667. The molecule has 3 aromatic heterocycles. The van der Waals surface area contributed by atoms with Gasteiger partial charge in [-0.05, 0) is 49.6 Å². The lowest BCUT2D eigenvalue weighted by atomic mass is 9.87. The van der Waals surface area contributed by atoms with Crippen LogP contribution in [0, 0.1) is 11.3 Å². The van der Waals surface area contributed by atoms with Crippen molar-refractivity contribution in [3.8, 4) is 11.5 Å². The molecule has 3 saturated heterocycles. The van der Waals surface area contributed by atoms with Crippen molar-refractivity contribution in [1.82, 2.24) is 29.6 Å². The Bertz CT molecular complexity index is 1480. The fourth-order valence-electron chi connectivity index (χ4n) is 6.89. The highest BCUT2D eigenvalue weighted by molar-refractivity contribution is 6.76. The number of imidazole rings is 1. The van der Waals surface area contributed by atoms with Crippen molar-refractivity contribution < 1.29 is 14.3 Å². The van der Waals surface area contributed by atoms with Crippen LogP contribution >= 0.6 is 0 Å². The topological polar surface area (TPSA) is 101 Å². The Hall–Kier alpha value is -2.60. The molecule has 41 heavy (non-hydrogen) atoms. The third kappa shape index (κ3) is 5.04. The van der Waals surface area contributed by atoms with Crippen LogP contribution in [0.2, 0.25) is 25.7 Å². The summed E-state index contributed by atoms with van der Waals surface area (Å²) in [6, 6.07) is 2.91. The summed E-state index contributed by atoms with van der Waals surface area (Å²) in [5, 5.41) is 5.05. The van der Waals surface area contributed by atoms with Crippen LogP contribution in [0.25, 0.3) is 22.7 Å². The van der Waals surface area contributed by atoms with Gasteiger partial charge < -0.3 is 19.4 Å². The number of aromatic amines is 1. The number of rotatable bonds is 9. The van der Waals surface area contributed by atoms with E-state index in [4.69, 9.17) is 19.6 Å². The highest BCUT2D eigenvalue weighted by atomic mass is 28.3. The van der Waals surface area contributed by atoms with E-state index < -0.39 is 8.07 Å². The Kier molecular flexibility index (Phi) is 6.46. The van der Waals surface area contributed by atoms with Gasteiger partial charge in [0, 0.05) is 52.5 Å². The van der Waals surface area contributed by atoms with Crippen molar-refractivity contribution in [3.05, 3.63) is 23.5 Å². The molecule has 4 fully saturated rings. The molecule has 2 bridgehead atoms. The number of piperidine rings is 1. The third-order valence-electron chi connectivity index (χ3n) is 9.89. The predicted molar refractivity (Wildman–Crippen MR) is 161 cm³/mol. The van der Waals surface area contributed by atoms with Gasteiger partial charge in [-0.3, -0.25) is 9.69 Å². The molecule has 5 atom stereocenters. The monoisotopic (exact) mass is 577 g/mol. The van der Waals surface area contributed by atoms with E-state index in [1.165, 1.54) is 17.7 Å². The van der Waals surface area contributed by atoms with Crippen LogP contribution in [0.1, 0.15) is 37.9 Å². The van der Waals surface area contributed by atoms with Crippen LogP contribution in [0.4, 0.5) is 5.69 Å². The molecule has 11 heteroatoms. The van der Waals surface area contributed by atoms with Gasteiger partial charge in [-0.15, -0.1) is 0 Å². The Labute approximate surface area is 242 Å². The second-order valence-corrected chi connectivity index (χ2v) is 20.0. The van der Waals surface area contributed by atoms with Gasteiger partial charge in [-0.1, -0.05) is 26.6 Å². The number of hydrogen-bond acceptors (Lipinski definition) is 7. The zero-order valence-electron chi connectivity index (χ0n) is 25.2. The Balaban J connectivity index is 1.12. The molecule has 0 aromatic carbocycles. The quantitative estimate of drug-likeness (QED) is 0.302. The smallest absolute Gasteiger partial charge is 0.243 e. The number of H-pyrrole nitrogens is 1. The van der Waals surface area contributed by atoms with Crippen LogP contribution in [0.3, 0.4) is 0 Å². The van der Waals surface area contributed by atoms with Crippen LogP contribution in [0.5, 0.6) is 0 Å². The zero-order valence-corrected chi connectivity index (χ0v) is 26.2. The molecule has 6 heterocycles. The van der Waals surface area contributed by atoms with Gasteiger partial charge in [0.05, 0.1) is 35.7 Å². The van der Waals surface area contributed by atoms with Crippen molar-refractivity contribution in [3.63, 3.8) is 0 Å². The minimum atomic E-state index is -1.15. The normalized spacial score (nSPS) is 27.7. The van der Waals surface area contributed by atoms with E-state index in [1.807, 2.05) is 20.0 Å². The summed E-state index contributed by atoms with van der Waals surface area (Å²) < 4.78 is 14.0. The Morgan fingerprint density at radius 1 is 1.32 bits per heavy atom. The number of aromatic nitrogens is 5. The van der Waals surface area contributed by atoms with E-state index in [9.17, 15) is 4.79 Å². The molecule has 0 spiro atoms. The molecule has 3 aliphatic heterocycles. The van der Waals surface area contributed by atoms with E-state index in [2.05, 4.69) is 46.1 Å². The van der Waals surface area contributed by atoms with E-state index in [0.29, 0.717) is 23.7 Å². The Morgan fingerprint density at radius 2 is 2.07 bits per heavy atom. The van der Waals surface area contributed by atoms with E-state index >= 15 is 0 Å². The molecule has 1 N–H and O–H groups in total. The van der Waals surface area contributed by atoms with Crippen molar-refractivity contribution in [2.24, 2.45) is 11.3 Å². The van der Waals surface area contributed by atoms with Gasteiger partial charge in [0.2, 0.25) is 5.91 Å². The van der Waals surface area contributed by atoms with E-state index in [1.54, 1.807) is 11.1 Å². The average molecular weight is 578 g/mol. The van der Waals surface area contributed by atoms with Gasteiger partial charge in [0.25, 0.3) is 0 Å². The molecule has 5 aliphatic rings. The molecule has 1 amide bonds. The summed E-state index contributed by atoms with van der Waals surface area (Å²) in [4.78, 5) is 30.3. The van der Waals surface area contributed by atoms with Gasteiger partial charge in [-0.2, -0.15) is 5.10 Å². The van der Waals surface area contributed by atoms with Crippen molar-refractivity contribution in [1.29, 1.82) is 0 Å². The third-order valence-corrected chi connectivity index (χ3v) is 11.6. The molecule has 4 unspecified atom stereocenters. The first-order valence-corrected chi connectivity index (χ1v) is 18.9. The van der Waals surface area contributed by atoms with Crippen molar-refractivity contribution >= 4 is 30.8 Å². The second kappa shape index (κ2) is 9.72. The summed E-state index contributed by atoms with van der Waals surface area (Å²) in [5.74, 6) is 1.51. The highest BCUT2D eigenvalue weighted by Crippen LogP contribution is 2.60. The number of anilines is 1. The molecule has 8 rings (SSSR count). The molecule has 0 radical (unpaired) electrons. The number of fused-ring (bicyclic) bond motifs is 5. The van der Waals surface area contributed by atoms with Gasteiger partial charge in [0.1, 0.15) is 12.4 Å². The van der Waals surface area contributed by atoms with Crippen LogP contribution in [-0.2, 0) is 33.8 Å². The Morgan fingerprint density at radius 3 is 2.80 bits per heavy atom. The second-order valence-electron chi connectivity index (χ2n) is 14.4. The number of nitrogens with zero attached hydrogens (tertiary/aromatic N) is 6. The van der Waals surface area contributed by atoms with Crippen LogP contribution < -0.4 is 4.90 Å².